The van der Waals surface area contributed by atoms with Crippen LogP contribution < -0.4 is 10.6 Å². The SMILES string of the molecule is O=C(NC(Cc1ccccc1)C(=O)Nc1ccc(Cl)c(C(F)(F)F)c1)c1ccccc1. The first-order chi connectivity index (χ1) is 14.7. The van der Waals surface area contributed by atoms with Crippen LogP contribution in [0, 0.1) is 0 Å². The number of carbonyl (C=O) groups is 2. The Labute approximate surface area is 182 Å². The van der Waals surface area contributed by atoms with E-state index in [1.165, 1.54) is 6.07 Å². The van der Waals surface area contributed by atoms with Gasteiger partial charge >= 0.3 is 6.18 Å². The predicted molar refractivity (Wildman–Crippen MR) is 113 cm³/mol. The largest absolute Gasteiger partial charge is 0.417 e. The smallest absolute Gasteiger partial charge is 0.340 e. The minimum atomic E-state index is -4.66. The van der Waals surface area contributed by atoms with Gasteiger partial charge in [0.1, 0.15) is 6.04 Å². The molecule has 2 amide bonds. The third-order valence-corrected chi connectivity index (χ3v) is 4.81. The average Bonchev–Trinajstić information content (AvgIpc) is 2.75. The van der Waals surface area contributed by atoms with Gasteiger partial charge in [-0.05, 0) is 35.9 Å². The molecule has 0 saturated carbocycles. The molecule has 0 aliphatic carbocycles. The Bertz CT molecular complexity index is 1060. The number of carbonyl (C=O) groups excluding carboxylic acids is 2. The number of amides is 2. The summed E-state index contributed by atoms with van der Waals surface area (Å²) in [5.74, 6) is -1.12. The molecule has 160 valence electrons. The van der Waals surface area contributed by atoms with Gasteiger partial charge in [0.2, 0.25) is 5.91 Å². The second-order valence-electron chi connectivity index (χ2n) is 6.76. The Balaban J connectivity index is 1.83. The Morgan fingerprint density at radius 3 is 2.13 bits per heavy atom. The molecule has 3 rings (SSSR count). The molecule has 4 nitrogen and oxygen atoms in total. The molecule has 3 aromatic rings. The normalized spacial score (nSPS) is 12.1. The van der Waals surface area contributed by atoms with Crippen molar-refractivity contribution in [1.82, 2.24) is 5.32 Å². The summed E-state index contributed by atoms with van der Waals surface area (Å²) in [5, 5.41) is 4.64. The second kappa shape index (κ2) is 9.66. The van der Waals surface area contributed by atoms with Gasteiger partial charge in [0, 0.05) is 17.7 Å². The fraction of sp³-hybridized carbons (Fsp3) is 0.130. The zero-order valence-electron chi connectivity index (χ0n) is 16.1. The topological polar surface area (TPSA) is 58.2 Å². The maximum absolute atomic E-state index is 13.1. The maximum atomic E-state index is 13.1. The van der Waals surface area contributed by atoms with Crippen LogP contribution in [0.2, 0.25) is 5.02 Å². The highest BCUT2D eigenvalue weighted by atomic mass is 35.5. The molecule has 0 saturated heterocycles. The molecule has 2 N–H and O–H groups in total. The van der Waals surface area contributed by atoms with Gasteiger partial charge in [0.15, 0.2) is 0 Å². The Hall–Kier alpha value is -3.32. The van der Waals surface area contributed by atoms with Crippen LogP contribution >= 0.6 is 11.6 Å². The zero-order valence-corrected chi connectivity index (χ0v) is 16.9. The molecule has 0 radical (unpaired) electrons. The van der Waals surface area contributed by atoms with Crippen LogP contribution in [0.1, 0.15) is 21.5 Å². The van der Waals surface area contributed by atoms with Gasteiger partial charge in [-0.25, -0.2) is 0 Å². The summed E-state index contributed by atoms with van der Waals surface area (Å²) in [5.41, 5.74) is 0.0101. The van der Waals surface area contributed by atoms with Crippen LogP contribution in [0.5, 0.6) is 0 Å². The number of hydrogen-bond acceptors (Lipinski definition) is 2. The van der Waals surface area contributed by atoms with Gasteiger partial charge < -0.3 is 10.6 Å². The van der Waals surface area contributed by atoms with Gasteiger partial charge in [0.25, 0.3) is 5.91 Å². The van der Waals surface area contributed by atoms with Crippen molar-refractivity contribution in [2.45, 2.75) is 18.6 Å². The third kappa shape index (κ3) is 6.08. The van der Waals surface area contributed by atoms with E-state index in [0.29, 0.717) is 5.56 Å². The average molecular weight is 447 g/mol. The van der Waals surface area contributed by atoms with Crippen molar-refractivity contribution in [3.8, 4) is 0 Å². The fourth-order valence-electron chi connectivity index (χ4n) is 2.94. The van der Waals surface area contributed by atoms with Crippen molar-refractivity contribution in [1.29, 1.82) is 0 Å². The fourth-order valence-corrected chi connectivity index (χ4v) is 3.16. The molecule has 0 aliphatic heterocycles. The van der Waals surface area contributed by atoms with Crippen molar-refractivity contribution in [2.75, 3.05) is 5.32 Å². The monoisotopic (exact) mass is 446 g/mol. The second-order valence-corrected chi connectivity index (χ2v) is 7.17. The summed E-state index contributed by atoms with van der Waals surface area (Å²) in [6.07, 6.45) is -4.51. The highest BCUT2D eigenvalue weighted by molar-refractivity contribution is 6.31. The molecular formula is C23H18ClF3N2O2. The Morgan fingerprint density at radius 2 is 1.52 bits per heavy atom. The number of rotatable bonds is 6. The summed E-state index contributed by atoms with van der Waals surface area (Å²) in [7, 11) is 0. The molecule has 31 heavy (non-hydrogen) atoms. The lowest BCUT2D eigenvalue weighted by Gasteiger charge is -2.19. The summed E-state index contributed by atoms with van der Waals surface area (Å²) in [4.78, 5) is 25.5. The quantitative estimate of drug-likeness (QED) is 0.537. The van der Waals surface area contributed by atoms with Crippen LogP contribution in [0.3, 0.4) is 0 Å². The Kier molecular flexibility index (Phi) is 6.97. The maximum Gasteiger partial charge on any atom is 0.417 e. The van der Waals surface area contributed by atoms with Gasteiger partial charge in [0.05, 0.1) is 10.6 Å². The molecular weight excluding hydrogens is 429 g/mol. The number of benzene rings is 3. The molecule has 3 aromatic carbocycles. The van der Waals surface area contributed by atoms with Gasteiger partial charge in [-0.1, -0.05) is 60.1 Å². The van der Waals surface area contributed by atoms with E-state index in [1.54, 1.807) is 54.6 Å². The summed E-state index contributed by atoms with van der Waals surface area (Å²) >= 11 is 5.63. The standard InChI is InChI=1S/C23H18ClF3N2O2/c24-19-12-11-17(14-18(19)23(25,26)27)28-22(31)20(13-15-7-3-1-4-8-15)29-21(30)16-9-5-2-6-10-16/h1-12,14,20H,13H2,(H,28,31)(H,29,30). The van der Waals surface area contributed by atoms with Crippen LogP contribution in [0.25, 0.3) is 0 Å². The van der Waals surface area contributed by atoms with E-state index in [1.807, 2.05) is 6.07 Å². The molecule has 0 bridgehead atoms. The first kappa shape index (κ1) is 22.4. The molecule has 0 aliphatic rings. The number of anilines is 1. The molecule has 1 unspecified atom stereocenters. The van der Waals surface area contributed by atoms with Crippen LogP contribution in [-0.2, 0) is 17.4 Å². The lowest BCUT2D eigenvalue weighted by molar-refractivity contribution is -0.137. The summed E-state index contributed by atoms with van der Waals surface area (Å²) in [6.45, 7) is 0. The van der Waals surface area contributed by atoms with Crippen LogP contribution in [0.4, 0.5) is 18.9 Å². The predicted octanol–water partition coefficient (Wildman–Crippen LogP) is 5.34. The van der Waals surface area contributed by atoms with Crippen molar-refractivity contribution in [3.63, 3.8) is 0 Å². The van der Waals surface area contributed by atoms with E-state index in [2.05, 4.69) is 10.6 Å². The van der Waals surface area contributed by atoms with Crippen LogP contribution in [0.15, 0.2) is 78.9 Å². The zero-order chi connectivity index (χ0) is 22.4. The number of halogens is 4. The molecule has 8 heteroatoms. The Morgan fingerprint density at radius 1 is 0.903 bits per heavy atom. The van der Waals surface area contributed by atoms with Crippen LogP contribution in [-0.4, -0.2) is 17.9 Å². The third-order valence-electron chi connectivity index (χ3n) is 4.48. The van der Waals surface area contributed by atoms with E-state index in [4.69, 9.17) is 11.6 Å². The van der Waals surface area contributed by atoms with Crippen molar-refractivity contribution in [2.24, 2.45) is 0 Å². The molecule has 0 fully saturated rings. The lowest BCUT2D eigenvalue weighted by atomic mass is 10.0. The molecule has 0 spiro atoms. The molecule has 1 atom stereocenters. The molecule has 0 aromatic heterocycles. The van der Waals surface area contributed by atoms with Crippen molar-refractivity contribution in [3.05, 3.63) is 101 Å². The van der Waals surface area contributed by atoms with Gasteiger partial charge in [-0.3, -0.25) is 9.59 Å². The highest BCUT2D eigenvalue weighted by Gasteiger charge is 2.33. The number of hydrogen-bond donors (Lipinski definition) is 2. The lowest BCUT2D eigenvalue weighted by Crippen LogP contribution is -2.45. The number of nitrogens with one attached hydrogen (secondary N) is 2. The van der Waals surface area contributed by atoms with E-state index in [-0.39, 0.29) is 12.1 Å². The summed E-state index contributed by atoms with van der Waals surface area (Å²) < 4.78 is 39.4. The first-order valence-corrected chi connectivity index (χ1v) is 9.69. The minimum Gasteiger partial charge on any atom is -0.340 e. The first-order valence-electron chi connectivity index (χ1n) is 9.31. The van der Waals surface area contributed by atoms with Gasteiger partial charge in [-0.2, -0.15) is 13.2 Å². The van der Waals surface area contributed by atoms with Gasteiger partial charge in [-0.15, -0.1) is 0 Å². The van der Waals surface area contributed by atoms with E-state index < -0.39 is 34.6 Å². The number of alkyl halides is 3. The molecule has 0 heterocycles. The van der Waals surface area contributed by atoms with Crippen molar-refractivity contribution < 1.29 is 22.8 Å². The summed E-state index contributed by atoms with van der Waals surface area (Å²) in [6, 6.07) is 19.4. The van der Waals surface area contributed by atoms with E-state index in [0.717, 1.165) is 17.7 Å². The van der Waals surface area contributed by atoms with E-state index >= 15 is 0 Å². The minimum absolute atomic E-state index is 0.0752. The van der Waals surface area contributed by atoms with E-state index in [9.17, 15) is 22.8 Å². The highest BCUT2D eigenvalue weighted by Crippen LogP contribution is 2.36. The van der Waals surface area contributed by atoms with Crippen molar-refractivity contribution >= 4 is 29.1 Å².